The number of benzene rings is 1. The van der Waals surface area contributed by atoms with Gasteiger partial charge in [-0.2, -0.15) is 5.10 Å². The Labute approximate surface area is 167 Å². The molecule has 0 saturated carbocycles. The summed E-state index contributed by atoms with van der Waals surface area (Å²) in [6, 6.07) is 7.36. The molecular formula is C20H23N5O4. The topological polar surface area (TPSA) is 113 Å². The van der Waals surface area contributed by atoms with E-state index in [9.17, 15) is 4.79 Å². The summed E-state index contributed by atoms with van der Waals surface area (Å²) in [5.41, 5.74) is 6.06. The highest BCUT2D eigenvalue weighted by atomic mass is 16.5. The molecule has 3 aliphatic heterocycles. The molecule has 0 aliphatic carbocycles. The highest BCUT2D eigenvalue weighted by Crippen LogP contribution is 2.62. The maximum Gasteiger partial charge on any atom is 0.283 e. The maximum atomic E-state index is 12.5. The molecule has 3 N–H and O–H groups in total. The molecule has 1 amide bonds. The first-order chi connectivity index (χ1) is 13.8. The second-order valence-corrected chi connectivity index (χ2v) is 8.33. The van der Waals surface area contributed by atoms with Gasteiger partial charge >= 0.3 is 0 Å². The first-order valence-corrected chi connectivity index (χ1v) is 9.47. The van der Waals surface area contributed by atoms with Crippen LogP contribution < -0.4 is 15.8 Å². The summed E-state index contributed by atoms with van der Waals surface area (Å²) in [5, 5.41) is 7.05. The van der Waals surface area contributed by atoms with Gasteiger partial charge in [-0.3, -0.25) is 9.48 Å². The number of nitrogens with one attached hydrogen (secondary N) is 1. The van der Waals surface area contributed by atoms with Crippen molar-refractivity contribution >= 4 is 17.6 Å². The number of fused-ring (bicyclic) bond motifs is 3. The molecule has 5 rings (SSSR count). The van der Waals surface area contributed by atoms with Gasteiger partial charge in [0.05, 0.1) is 18.6 Å². The summed E-state index contributed by atoms with van der Waals surface area (Å²) in [6.45, 7) is 5.37. The molecule has 152 valence electrons. The van der Waals surface area contributed by atoms with E-state index in [1.807, 2.05) is 32.0 Å². The van der Waals surface area contributed by atoms with Crippen molar-refractivity contribution in [3.63, 3.8) is 0 Å². The van der Waals surface area contributed by atoms with Gasteiger partial charge in [0, 0.05) is 24.5 Å². The maximum absolute atomic E-state index is 12.5. The average molecular weight is 397 g/mol. The van der Waals surface area contributed by atoms with Gasteiger partial charge in [-0.25, -0.2) is 4.99 Å². The quantitative estimate of drug-likeness (QED) is 0.792. The van der Waals surface area contributed by atoms with Crippen LogP contribution in [-0.4, -0.2) is 47.1 Å². The van der Waals surface area contributed by atoms with Crippen LogP contribution in [0.2, 0.25) is 0 Å². The van der Waals surface area contributed by atoms with E-state index in [-0.39, 0.29) is 11.9 Å². The number of aryl methyl sites for hydroxylation is 1. The normalized spacial score (nSPS) is 25.6. The fourth-order valence-electron chi connectivity index (χ4n) is 4.59. The molecule has 1 fully saturated rings. The van der Waals surface area contributed by atoms with Crippen LogP contribution in [0.25, 0.3) is 0 Å². The molecule has 9 heteroatoms. The third-order valence-electron chi connectivity index (χ3n) is 6.37. The number of rotatable bonds is 2. The number of amides is 1. The van der Waals surface area contributed by atoms with Crippen molar-refractivity contribution in [3.8, 4) is 5.75 Å². The van der Waals surface area contributed by atoms with Gasteiger partial charge in [0.25, 0.3) is 11.9 Å². The van der Waals surface area contributed by atoms with Crippen LogP contribution >= 0.6 is 0 Å². The number of ether oxygens (including phenoxy) is 3. The SMILES string of the molecule is Cn1ccc(C(=O)Nc2ccc3c(c2)C2(COC(N)=N2)C2(COC2)C(C)(C)O3)n1. The van der Waals surface area contributed by atoms with Gasteiger partial charge in [0.1, 0.15) is 23.5 Å². The molecule has 9 nitrogen and oxygen atoms in total. The molecule has 29 heavy (non-hydrogen) atoms. The van der Waals surface area contributed by atoms with E-state index in [0.717, 1.165) is 5.56 Å². The lowest BCUT2D eigenvalue weighted by Gasteiger charge is -2.61. The Bertz CT molecular complexity index is 1040. The summed E-state index contributed by atoms with van der Waals surface area (Å²) < 4.78 is 19.2. The zero-order valence-corrected chi connectivity index (χ0v) is 16.6. The van der Waals surface area contributed by atoms with Gasteiger partial charge in [0.2, 0.25) is 0 Å². The van der Waals surface area contributed by atoms with Crippen molar-refractivity contribution in [2.75, 3.05) is 25.1 Å². The minimum Gasteiger partial charge on any atom is -0.487 e. The standard InChI is InChI=1S/C20H23N5O4/c1-18(2)19(9-27-10-19)20(11-28-17(21)23-20)13-8-12(4-5-15(13)29-18)22-16(26)14-6-7-25(3)24-14/h4-8H,9-11H2,1-3H3,(H2,21,23)(H,22,26). The first kappa shape index (κ1) is 18.0. The molecule has 1 aromatic carbocycles. The zero-order valence-electron chi connectivity index (χ0n) is 16.6. The lowest BCUT2D eigenvalue weighted by Crippen LogP contribution is -2.71. The molecular weight excluding hydrogens is 374 g/mol. The van der Waals surface area contributed by atoms with Crippen LogP contribution in [0, 0.1) is 5.41 Å². The van der Waals surface area contributed by atoms with Crippen LogP contribution in [0.15, 0.2) is 35.5 Å². The molecule has 0 bridgehead atoms. The Morgan fingerprint density at radius 2 is 2.03 bits per heavy atom. The average Bonchev–Trinajstić information content (AvgIpc) is 3.21. The van der Waals surface area contributed by atoms with Gasteiger partial charge in [-0.05, 0) is 38.1 Å². The van der Waals surface area contributed by atoms with Crippen molar-refractivity contribution in [2.24, 2.45) is 23.2 Å². The summed E-state index contributed by atoms with van der Waals surface area (Å²) in [4.78, 5) is 17.3. The Balaban J connectivity index is 1.58. The van der Waals surface area contributed by atoms with Crippen LogP contribution in [0.1, 0.15) is 29.9 Å². The van der Waals surface area contributed by atoms with Crippen molar-refractivity contribution in [1.82, 2.24) is 9.78 Å². The smallest absolute Gasteiger partial charge is 0.283 e. The van der Waals surface area contributed by atoms with E-state index in [2.05, 4.69) is 10.4 Å². The van der Waals surface area contributed by atoms with Gasteiger partial charge in [-0.1, -0.05) is 0 Å². The van der Waals surface area contributed by atoms with Crippen LogP contribution in [0.3, 0.4) is 0 Å². The number of nitrogens with two attached hydrogens (primary N) is 1. The van der Waals surface area contributed by atoms with Crippen LogP contribution in [0.4, 0.5) is 5.69 Å². The van der Waals surface area contributed by atoms with Crippen molar-refractivity contribution in [3.05, 3.63) is 41.7 Å². The summed E-state index contributed by atoms with van der Waals surface area (Å²) in [5.74, 6) is 0.412. The van der Waals surface area contributed by atoms with Crippen LogP contribution in [0.5, 0.6) is 5.75 Å². The Hall–Kier alpha value is -3.07. The lowest BCUT2D eigenvalue weighted by atomic mass is 9.55. The summed E-state index contributed by atoms with van der Waals surface area (Å²) in [7, 11) is 1.77. The van der Waals surface area contributed by atoms with Crippen molar-refractivity contribution in [1.29, 1.82) is 0 Å². The molecule has 4 heterocycles. The molecule has 1 aromatic heterocycles. The predicted octanol–water partition coefficient (Wildman–Crippen LogP) is 1.40. The molecule has 3 aliphatic rings. The number of hydrogen-bond donors (Lipinski definition) is 2. The van der Waals surface area contributed by atoms with Crippen molar-refractivity contribution < 1.29 is 19.0 Å². The minimum absolute atomic E-state index is 0.155. The zero-order chi connectivity index (χ0) is 20.4. The van der Waals surface area contributed by atoms with E-state index in [4.69, 9.17) is 24.9 Å². The molecule has 1 saturated heterocycles. The van der Waals surface area contributed by atoms with Crippen LogP contribution in [-0.2, 0) is 22.1 Å². The third-order valence-corrected chi connectivity index (χ3v) is 6.37. The fraction of sp³-hybridized carbons (Fsp3) is 0.450. The molecule has 2 spiro atoms. The number of carbonyl (C=O) groups is 1. The number of anilines is 1. The number of aromatic nitrogens is 2. The van der Waals surface area contributed by atoms with E-state index in [0.29, 0.717) is 37.0 Å². The highest BCUT2D eigenvalue weighted by Gasteiger charge is 2.71. The number of nitrogens with zero attached hydrogens (tertiary/aromatic N) is 3. The molecule has 2 aromatic rings. The third kappa shape index (κ3) is 2.33. The second-order valence-electron chi connectivity index (χ2n) is 8.33. The number of aliphatic imine (C=N–C) groups is 1. The second kappa shape index (κ2) is 5.73. The van der Waals surface area contributed by atoms with Gasteiger partial charge in [-0.15, -0.1) is 0 Å². The lowest BCUT2D eigenvalue weighted by molar-refractivity contribution is -0.247. The van der Waals surface area contributed by atoms with Gasteiger partial charge < -0.3 is 25.3 Å². The van der Waals surface area contributed by atoms with Crippen molar-refractivity contribution in [2.45, 2.75) is 25.0 Å². The van der Waals surface area contributed by atoms with E-state index < -0.39 is 16.6 Å². The monoisotopic (exact) mass is 397 g/mol. The molecule has 0 radical (unpaired) electrons. The van der Waals surface area contributed by atoms with E-state index in [1.165, 1.54) is 0 Å². The van der Waals surface area contributed by atoms with E-state index >= 15 is 0 Å². The predicted molar refractivity (Wildman–Crippen MR) is 105 cm³/mol. The Kier molecular flexibility index (Phi) is 3.55. The number of carbonyl (C=O) groups excluding carboxylic acids is 1. The fourth-order valence-corrected chi connectivity index (χ4v) is 4.59. The number of hydrogen-bond acceptors (Lipinski definition) is 7. The van der Waals surface area contributed by atoms with Gasteiger partial charge in [0.15, 0.2) is 5.69 Å². The minimum atomic E-state index is -0.738. The summed E-state index contributed by atoms with van der Waals surface area (Å²) >= 11 is 0. The molecule has 1 unspecified atom stereocenters. The number of amidine groups is 1. The highest BCUT2D eigenvalue weighted by molar-refractivity contribution is 6.02. The van der Waals surface area contributed by atoms with E-state index in [1.54, 1.807) is 24.0 Å². The molecule has 1 atom stereocenters. The summed E-state index contributed by atoms with van der Waals surface area (Å²) in [6.07, 6.45) is 1.72. The Morgan fingerprint density at radius 1 is 1.24 bits per heavy atom. The largest absolute Gasteiger partial charge is 0.487 e. The Morgan fingerprint density at radius 3 is 2.62 bits per heavy atom. The first-order valence-electron chi connectivity index (χ1n) is 9.47.